The molecule has 7 heteroatoms. The topological polar surface area (TPSA) is 96.4 Å². The zero-order chi connectivity index (χ0) is 17.7. The van der Waals surface area contributed by atoms with Crippen LogP contribution in [0.5, 0.6) is 0 Å². The number of carboxylic acid groups (broad SMARTS) is 1. The van der Waals surface area contributed by atoms with Gasteiger partial charge >= 0.3 is 5.97 Å². The normalized spacial score (nSPS) is 11.6. The first-order valence-corrected chi connectivity index (χ1v) is 9.02. The van der Waals surface area contributed by atoms with E-state index in [1.165, 1.54) is 11.8 Å². The summed E-state index contributed by atoms with van der Waals surface area (Å²) in [5.41, 5.74) is 1.69. The van der Waals surface area contributed by atoms with Crippen LogP contribution in [0.15, 0.2) is 47.6 Å². The van der Waals surface area contributed by atoms with E-state index in [-0.39, 0.29) is 17.0 Å². The molecule has 0 saturated carbocycles. The van der Waals surface area contributed by atoms with Crippen LogP contribution in [0.3, 0.4) is 0 Å². The summed E-state index contributed by atoms with van der Waals surface area (Å²) in [6.45, 7) is 4.35. The van der Waals surface area contributed by atoms with Gasteiger partial charge in [-0.05, 0) is 29.5 Å². The monoisotopic (exact) mass is 348 g/mol. The Kier molecular flexibility index (Phi) is 5.69. The number of nitrogens with one attached hydrogen (secondary N) is 1. The molecule has 0 aliphatic carbocycles. The first-order valence-electron chi connectivity index (χ1n) is 7.54. The Hall–Kier alpha value is -2.25. The van der Waals surface area contributed by atoms with Crippen LogP contribution in [0.25, 0.3) is 0 Å². The average Bonchev–Trinajstić information content (AvgIpc) is 2.54. The van der Waals surface area contributed by atoms with Crippen molar-refractivity contribution in [3.63, 3.8) is 0 Å². The molecular weight excluding hydrogens is 328 g/mol. The Morgan fingerprint density at radius 2 is 1.79 bits per heavy atom. The first kappa shape index (κ1) is 18.1. The largest absolute Gasteiger partial charge is 0.478 e. The number of hydrogen-bond donors (Lipinski definition) is 2. The molecule has 2 aromatic rings. The molecular formula is C17H20N2O4S. The molecule has 6 nitrogen and oxygen atoms in total. The number of carboxylic acids is 1. The molecule has 1 heterocycles. The SMILES string of the molecule is CC(C)Cc1ccc(CNS(=O)(=O)c2cnccc2C(=O)O)cc1. The Morgan fingerprint density at radius 3 is 2.38 bits per heavy atom. The van der Waals surface area contributed by atoms with Gasteiger partial charge in [-0.25, -0.2) is 17.9 Å². The number of hydrogen-bond acceptors (Lipinski definition) is 4. The van der Waals surface area contributed by atoms with Crippen LogP contribution in [-0.2, 0) is 23.0 Å². The van der Waals surface area contributed by atoms with E-state index in [4.69, 9.17) is 5.11 Å². The molecule has 128 valence electrons. The summed E-state index contributed by atoms with van der Waals surface area (Å²) in [6, 6.07) is 8.83. The molecule has 0 spiro atoms. The lowest BCUT2D eigenvalue weighted by Crippen LogP contribution is -2.25. The minimum absolute atomic E-state index is 0.0816. The van der Waals surface area contributed by atoms with E-state index in [9.17, 15) is 13.2 Å². The lowest BCUT2D eigenvalue weighted by Gasteiger charge is -2.10. The number of aromatic carboxylic acids is 1. The first-order chi connectivity index (χ1) is 11.3. The molecule has 1 aromatic heterocycles. The van der Waals surface area contributed by atoms with Gasteiger partial charge in [0.05, 0.1) is 5.56 Å². The van der Waals surface area contributed by atoms with Gasteiger partial charge in [-0.2, -0.15) is 0 Å². The van der Waals surface area contributed by atoms with E-state index in [0.717, 1.165) is 24.2 Å². The third-order valence-corrected chi connectivity index (χ3v) is 4.87. The van der Waals surface area contributed by atoms with Crippen LogP contribution in [-0.4, -0.2) is 24.5 Å². The minimum atomic E-state index is -3.96. The van der Waals surface area contributed by atoms with Crippen molar-refractivity contribution in [1.29, 1.82) is 0 Å². The Morgan fingerprint density at radius 1 is 1.17 bits per heavy atom. The van der Waals surface area contributed by atoms with E-state index in [1.54, 1.807) is 0 Å². The Labute approximate surface area is 141 Å². The third kappa shape index (κ3) is 4.62. The van der Waals surface area contributed by atoms with Crippen molar-refractivity contribution in [3.05, 3.63) is 59.4 Å². The molecule has 24 heavy (non-hydrogen) atoms. The van der Waals surface area contributed by atoms with Crippen molar-refractivity contribution in [2.24, 2.45) is 5.92 Å². The summed E-state index contributed by atoms with van der Waals surface area (Å²) in [7, 11) is -3.96. The maximum atomic E-state index is 12.3. The predicted molar refractivity (Wildman–Crippen MR) is 90.2 cm³/mol. The van der Waals surface area contributed by atoms with Crippen molar-refractivity contribution in [3.8, 4) is 0 Å². The molecule has 2 rings (SSSR count). The van der Waals surface area contributed by atoms with Gasteiger partial charge in [-0.15, -0.1) is 0 Å². The lowest BCUT2D eigenvalue weighted by molar-refractivity contribution is 0.0692. The Balaban J connectivity index is 2.12. The van der Waals surface area contributed by atoms with E-state index in [1.807, 2.05) is 24.3 Å². The highest BCUT2D eigenvalue weighted by atomic mass is 32.2. The van der Waals surface area contributed by atoms with Gasteiger partial charge in [0.15, 0.2) is 0 Å². The van der Waals surface area contributed by atoms with E-state index in [0.29, 0.717) is 5.92 Å². The quantitative estimate of drug-likeness (QED) is 0.801. The van der Waals surface area contributed by atoms with Gasteiger partial charge in [-0.1, -0.05) is 38.1 Å². The zero-order valence-corrected chi connectivity index (χ0v) is 14.4. The lowest BCUT2D eigenvalue weighted by atomic mass is 10.0. The fraction of sp³-hybridized carbons (Fsp3) is 0.294. The van der Waals surface area contributed by atoms with Gasteiger partial charge in [0.25, 0.3) is 0 Å². The second-order valence-corrected chi connectivity index (χ2v) is 7.65. The highest BCUT2D eigenvalue weighted by molar-refractivity contribution is 7.89. The van der Waals surface area contributed by atoms with E-state index < -0.39 is 16.0 Å². The second kappa shape index (κ2) is 7.55. The average molecular weight is 348 g/mol. The summed E-state index contributed by atoms with van der Waals surface area (Å²) in [4.78, 5) is 14.5. The van der Waals surface area contributed by atoms with Crippen molar-refractivity contribution in [1.82, 2.24) is 9.71 Å². The van der Waals surface area contributed by atoms with Crippen LogP contribution >= 0.6 is 0 Å². The fourth-order valence-corrected chi connectivity index (χ4v) is 3.45. The fourth-order valence-electron chi connectivity index (χ4n) is 2.29. The highest BCUT2D eigenvalue weighted by Gasteiger charge is 2.22. The van der Waals surface area contributed by atoms with Gasteiger partial charge in [0.1, 0.15) is 4.90 Å². The van der Waals surface area contributed by atoms with Crippen LogP contribution in [0.1, 0.15) is 35.3 Å². The van der Waals surface area contributed by atoms with Crippen molar-refractivity contribution in [2.75, 3.05) is 0 Å². The summed E-state index contributed by atoms with van der Waals surface area (Å²) in [5, 5.41) is 9.10. The summed E-state index contributed by atoms with van der Waals surface area (Å²) < 4.78 is 27.1. The van der Waals surface area contributed by atoms with Gasteiger partial charge in [-0.3, -0.25) is 4.98 Å². The van der Waals surface area contributed by atoms with Crippen molar-refractivity contribution >= 4 is 16.0 Å². The van der Waals surface area contributed by atoms with Gasteiger partial charge in [0, 0.05) is 18.9 Å². The predicted octanol–water partition coefficient (Wildman–Crippen LogP) is 2.46. The van der Waals surface area contributed by atoms with Gasteiger partial charge < -0.3 is 5.11 Å². The number of nitrogens with zero attached hydrogens (tertiary/aromatic N) is 1. The minimum Gasteiger partial charge on any atom is -0.478 e. The number of sulfonamides is 1. The van der Waals surface area contributed by atoms with Crippen molar-refractivity contribution < 1.29 is 18.3 Å². The Bertz CT molecular complexity index is 815. The standard InChI is InChI=1S/C17H20N2O4S/c1-12(2)9-13-3-5-14(6-4-13)10-19-24(22,23)16-11-18-8-7-15(16)17(20)21/h3-8,11-12,19H,9-10H2,1-2H3,(H,20,21). The second-order valence-electron chi connectivity index (χ2n) is 5.92. The van der Waals surface area contributed by atoms with Gasteiger partial charge in [0.2, 0.25) is 10.0 Å². The molecule has 0 amide bonds. The maximum Gasteiger partial charge on any atom is 0.337 e. The molecule has 2 N–H and O–H groups in total. The summed E-state index contributed by atoms with van der Waals surface area (Å²) in [6.07, 6.45) is 3.25. The number of carbonyl (C=O) groups is 1. The molecule has 0 fully saturated rings. The molecule has 0 bridgehead atoms. The summed E-state index contributed by atoms with van der Waals surface area (Å²) >= 11 is 0. The van der Waals surface area contributed by atoms with Crippen molar-refractivity contribution in [2.45, 2.75) is 31.7 Å². The summed E-state index contributed by atoms with van der Waals surface area (Å²) in [5.74, 6) is -0.759. The van der Waals surface area contributed by atoms with Crippen LogP contribution < -0.4 is 4.72 Å². The molecule has 0 aliphatic rings. The molecule has 0 saturated heterocycles. The zero-order valence-electron chi connectivity index (χ0n) is 13.6. The number of benzene rings is 1. The number of aromatic nitrogens is 1. The maximum absolute atomic E-state index is 12.3. The van der Waals surface area contributed by atoms with Crippen LogP contribution in [0.4, 0.5) is 0 Å². The molecule has 0 aliphatic heterocycles. The molecule has 0 unspecified atom stereocenters. The molecule has 0 radical (unpaired) electrons. The number of pyridine rings is 1. The third-order valence-electron chi connectivity index (χ3n) is 3.44. The molecule has 1 aromatic carbocycles. The van der Waals surface area contributed by atoms with Crippen LogP contribution in [0, 0.1) is 5.92 Å². The van der Waals surface area contributed by atoms with E-state index in [2.05, 4.69) is 23.6 Å². The highest BCUT2D eigenvalue weighted by Crippen LogP contribution is 2.15. The smallest absolute Gasteiger partial charge is 0.337 e. The molecule has 0 atom stereocenters. The van der Waals surface area contributed by atoms with E-state index >= 15 is 0 Å². The number of rotatable bonds is 7. The van der Waals surface area contributed by atoms with Crippen LogP contribution in [0.2, 0.25) is 0 Å².